The number of carbonyl (C=O) groups excluding carboxylic acids is 7. The van der Waals surface area contributed by atoms with Gasteiger partial charge < -0.3 is 30.0 Å². The number of rotatable bonds is 14. The summed E-state index contributed by atoms with van der Waals surface area (Å²) in [7, 11) is 0. The lowest BCUT2D eigenvalue weighted by molar-refractivity contribution is -0.175. The Bertz CT molecular complexity index is 1780. The van der Waals surface area contributed by atoms with Gasteiger partial charge in [-0.2, -0.15) is 0 Å². The number of allylic oxidation sites excluding steroid dienone is 5. The highest BCUT2D eigenvalue weighted by molar-refractivity contribution is 6.18. The second-order valence-electron chi connectivity index (χ2n) is 13.7. The maximum atomic E-state index is 13.3. The van der Waals surface area contributed by atoms with Crippen LogP contribution < -0.4 is 10.6 Å². The van der Waals surface area contributed by atoms with Crippen molar-refractivity contribution in [3.8, 4) is 5.75 Å². The molecule has 0 radical (unpaired) electrons. The molecule has 294 valence electrons. The average molecular weight is 759 g/mol. The van der Waals surface area contributed by atoms with Gasteiger partial charge in [0.05, 0.1) is 17.2 Å². The largest absolute Gasteiger partial charge is 0.505 e. The van der Waals surface area contributed by atoms with Crippen LogP contribution in [0.1, 0.15) is 88.6 Å². The Morgan fingerprint density at radius 1 is 0.945 bits per heavy atom. The third kappa shape index (κ3) is 12.3. The maximum Gasteiger partial charge on any atom is 0.332 e. The predicted octanol–water partition coefficient (Wildman–Crippen LogP) is 5.68. The Hall–Kier alpha value is -5.85. The van der Waals surface area contributed by atoms with Crippen LogP contribution in [-0.4, -0.2) is 71.3 Å². The van der Waals surface area contributed by atoms with E-state index in [-0.39, 0.29) is 41.1 Å². The van der Waals surface area contributed by atoms with E-state index >= 15 is 0 Å². The Labute approximate surface area is 321 Å². The summed E-state index contributed by atoms with van der Waals surface area (Å²) in [4.78, 5) is 85.8. The van der Waals surface area contributed by atoms with Gasteiger partial charge in [0, 0.05) is 17.9 Å². The number of phenols is 1. The molecule has 2 aliphatic rings. The van der Waals surface area contributed by atoms with Gasteiger partial charge in [-0.25, -0.2) is 4.79 Å². The summed E-state index contributed by atoms with van der Waals surface area (Å²) in [6.45, 7) is 12.4. The normalized spacial score (nSPS) is 21.6. The first-order valence-corrected chi connectivity index (χ1v) is 18.3. The van der Waals surface area contributed by atoms with Crippen molar-refractivity contribution in [2.24, 2.45) is 11.8 Å². The highest BCUT2D eigenvalue weighted by Crippen LogP contribution is 2.30. The van der Waals surface area contributed by atoms with E-state index in [2.05, 4.69) is 17.2 Å². The maximum absolute atomic E-state index is 13.3. The average Bonchev–Trinajstić information content (AvgIpc) is 3.16. The van der Waals surface area contributed by atoms with Gasteiger partial charge in [0.1, 0.15) is 12.2 Å². The zero-order valence-electron chi connectivity index (χ0n) is 31.8. The van der Waals surface area contributed by atoms with E-state index < -0.39 is 59.8 Å². The van der Waals surface area contributed by atoms with Crippen LogP contribution in [0.3, 0.4) is 0 Å². The highest BCUT2D eigenvalue weighted by Gasteiger charge is 2.44. The molecule has 2 aromatic rings. The molecule has 6 unspecified atom stereocenters. The highest BCUT2D eigenvalue weighted by atomic mass is 16.6. The molecule has 2 aromatic carbocycles. The fourth-order valence-corrected chi connectivity index (χ4v) is 6.10. The van der Waals surface area contributed by atoms with Crippen molar-refractivity contribution in [3.05, 3.63) is 96.1 Å². The van der Waals surface area contributed by atoms with Crippen LogP contribution in [0.4, 0.5) is 5.69 Å². The lowest BCUT2D eigenvalue weighted by Gasteiger charge is -2.29. The smallest absolute Gasteiger partial charge is 0.332 e. The molecule has 3 N–H and O–H groups in total. The van der Waals surface area contributed by atoms with Crippen molar-refractivity contribution in [2.75, 3.05) is 5.32 Å². The van der Waals surface area contributed by atoms with Gasteiger partial charge >= 0.3 is 17.9 Å². The number of benzene rings is 2. The number of cyclic esters (lactones) is 2. The van der Waals surface area contributed by atoms with E-state index in [9.17, 15) is 38.7 Å². The van der Waals surface area contributed by atoms with Gasteiger partial charge in [-0.3, -0.25) is 28.8 Å². The van der Waals surface area contributed by atoms with Gasteiger partial charge in [0.2, 0.25) is 6.41 Å². The van der Waals surface area contributed by atoms with Gasteiger partial charge in [-0.05, 0) is 62.1 Å². The van der Waals surface area contributed by atoms with E-state index in [0.29, 0.717) is 24.8 Å². The number of amides is 2. The van der Waals surface area contributed by atoms with E-state index in [1.54, 1.807) is 6.08 Å². The van der Waals surface area contributed by atoms with Gasteiger partial charge in [-0.15, -0.1) is 6.58 Å². The molecular weight excluding hydrogens is 708 g/mol. The molecule has 1 aliphatic heterocycles. The molecule has 0 saturated carbocycles. The molecule has 6 atom stereocenters. The minimum absolute atomic E-state index is 0.00114. The fourth-order valence-electron chi connectivity index (χ4n) is 6.10. The number of carbonyl (C=O) groups is 7. The van der Waals surface area contributed by atoms with Gasteiger partial charge in [-0.1, -0.05) is 82.5 Å². The number of anilines is 1. The summed E-state index contributed by atoms with van der Waals surface area (Å²) in [5.41, 5.74) is 1.23. The van der Waals surface area contributed by atoms with Crippen LogP contribution in [-0.2, 0) is 43.0 Å². The summed E-state index contributed by atoms with van der Waals surface area (Å²) in [6, 6.07) is 12.3. The van der Waals surface area contributed by atoms with Crippen LogP contribution in [0, 0.1) is 11.8 Å². The predicted molar refractivity (Wildman–Crippen MR) is 204 cm³/mol. The number of nitrogens with one attached hydrogen (secondary N) is 2. The third-order valence-corrected chi connectivity index (χ3v) is 8.94. The number of hydrogen-bond acceptors (Lipinski definition) is 11. The van der Waals surface area contributed by atoms with Crippen LogP contribution in [0.2, 0.25) is 0 Å². The molecule has 1 heterocycles. The monoisotopic (exact) mass is 758 g/mol. The first-order chi connectivity index (χ1) is 26.2. The standard InChI is InChI=1S/C27H38N2O9.C15H12O2/c1-6-7-8-10-19-24(38-21(31)13-15(2)3)17(5)37-27(35)22(16(4)36-26(19)34)29-25(33)18-11-9-12-20(23(18)32)28-14-30;1-2-13(11-6-4-3-5-7-11)14-10-12(16)8-9-15(14)17/h9,11-12,14-17,19,22,24,32H,6-8,10,13H2,1-5H3,(H,28,30)(H,29,33);2-10,13H,1H2. The molecule has 13 nitrogen and oxygen atoms in total. The zero-order chi connectivity index (χ0) is 40.7. The van der Waals surface area contributed by atoms with Crippen LogP contribution >= 0.6 is 0 Å². The Morgan fingerprint density at radius 2 is 1.64 bits per heavy atom. The van der Waals surface area contributed by atoms with Crippen molar-refractivity contribution in [2.45, 2.75) is 97.0 Å². The Morgan fingerprint density at radius 3 is 2.27 bits per heavy atom. The minimum Gasteiger partial charge on any atom is -0.505 e. The number of unbranched alkanes of at least 4 members (excludes halogenated alkanes) is 2. The molecule has 1 fully saturated rings. The molecule has 0 aromatic heterocycles. The van der Waals surface area contributed by atoms with Crippen molar-refractivity contribution in [3.63, 3.8) is 0 Å². The van der Waals surface area contributed by atoms with Crippen molar-refractivity contribution >= 4 is 47.5 Å². The number of hydrogen-bond donors (Lipinski definition) is 3. The number of phenolic OH excluding ortho intramolecular Hbond substituents is 1. The van der Waals surface area contributed by atoms with Crippen LogP contribution in [0.25, 0.3) is 0 Å². The molecule has 55 heavy (non-hydrogen) atoms. The van der Waals surface area contributed by atoms with E-state index in [0.717, 1.165) is 18.4 Å². The number of ketones is 2. The van der Waals surface area contributed by atoms with E-state index in [4.69, 9.17) is 14.2 Å². The summed E-state index contributed by atoms with van der Waals surface area (Å²) >= 11 is 0. The lowest BCUT2D eigenvalue weighted by Crippen LogP contribution is -2.50. The van der Waals surface area contributed by atoms with Gasteiger partial charge in [0.25, 0.3) is 5.91 Å². The molecule has 2 amide bonds. The van der Waals surface area contributed by atoms with Gasteiger partial charge in [0.15, 0.2) is 29.5 Å². The fraction of sp³-hybridized carbons (Fsp3) is 0.405. The van der Waals surface area contributed by atoms with E-state index in [1.165, 1.54) is 50.3 Å². The van der Waals surface area contributed by atoms with Crippen LogP contribution in [0.15, 0.2) is 85.0 Å². The lowest BCUT2D eigenvalue weighted by atomic mass is 9.86. The zero-order valence-corrected chi connectivity index (χ0v) is 31.8. The SMILES string of the molecule is C=CC(C1=CC(=O)C=CC1=O)c1ccccc1.CCCCCC1C(=O)OC(C)C(NC(=O)c2cccc(NC=O)c2O)C(=O)OC(C)C1OC(=O)CC(C)C. The second-order valence-corrected chi connectivity index (χ2v) is 13.7. The summed E-state index contributed by atoms with van der Waals surface area (Å²) in [5, 5.41) is 15.1. The molecule has 13 heteroatoms. The van der Waals surface area contributed by atoms with Crippen molar-refractivity contribution in [1.82, 2.24) is 5.32 Å². The van der Waals surface area contributed by atoms with Crippen LogP contribution in [0.5, 0.6) is 5.75 Å². The molecule has 4 rings (SSSR count). The molecule has 0 bridgehead atoms. The molecule has 1 aliphatic carbocycles. The summed E-state index contributed by atoms with van der Waals surface area (Å²) in [5.74, 6) is -4.78. The Balaban J connectivity index is 0.000000394. The quantitative estimate of drug-likeness (QED) is 0.0409. The number of esters is 3. The number of para-hydroxylation sites is 1. The van der Waals surface area contributed by atoms with Crippen molar-refractivity contribution < 1.29 is 52.9 Å². The first kappa shape index (κ1) is 43.6. The summed E-state index contributed by atoms with van der Waals surface area (Å²) < 4.78 is 16.9. The molecule has 1 saturated heterocycles. The first-order valence-electron chi connectivity index (χ1n) is 18.3. The van der Waals surface area contributed by atoms with E-state index in [1.807, 2.05) is 51.1 Å². The molecular formula is C42H50N2O11. The Kier molecular flexibility index (Phi) is 16.7. The third-order valence-electron chi connectivity index (χ3n) is 8.94. The summed E-state index contributed by atoms with van der Waals surface area (Å²) in [6.07, 6.45) is 5.75. The van der Waals surface area contributed by atoms with Crippen molar-refractivity contribution in [1.29, 1.82) is 0 Å². The second kappa shape index (κ2) is 21.1. The molecule has 0 spiro atoms. The topological polar surface area (TPSA) is 191 Å². The minimum atomic E-state index is -1.42. The number of aromatic hydroxyl groups is 1. The number of ether oxygens (including phenoxy) is 3.